The molecule has 2 heterocycles. The van der Waals surface area contributed by atoms with E-state index in [1.807, 2.05) is 41.2 Å². The number of aryl methyl sites for hydroxylation is 1. The first kappa shape index (κ1) is 22.1. The zero-order valence-corrected chi connectivity index (χ0v) is 18.1. The quantitative estimate of drug-likeness (QED) is 0.627. The molecule has 4 rings (SSSR count). The van der Waals surface area contributed by atoms with Crippen LogP contribution in [0.4, 0.5) is 0 Å². The summed E-state index contributed by atoms with van der Waals surface area (Å²) in [5.41, 5.74) is 4.68. The molecule has 6 heteroatoms. The number of nitrogens with zero attached hydrogens (tertiary/aromatic N) is 2. The second-order valence-corrected chi connectivity index (χ2v) is 7.86. The van der Waals surface area contributed by atoms with Crippen molar-refractivity contribution in [2.45, 2.75) is 26.3 Å². The van der Waals surface area contributed by atoms with Crippen LogP contribution >= 0.6 is 12.4 Å². The van der Waals surface area contributed by atoms with Gasteiger partial charge in [-0.3, -0.25) is 9.48 Å². The third-order valence-electron chi connectivity index (χ3n) is 5.47. The lowest BCUT2D eigenvalue weighted by molar-refractivity contribution is 0.0945. The van der Waals surface area contributed by atoms with Crippen LogP contribution in [0.3, 0.4) is 0 Å². The zero-order valence-electron chi connectivity index (χ0n) is 17.3. The fourth-order valence-electron chi connectivity index (χ4n) is 3.79. The number of halogens is 1. The maximum absolute atomic E-state index is 13.0. The van der Waals surface area contributed by atoms with E-state index in [2.05, 4.69) is 41.8 Å². The fraction of sp³-hybridized carbons (Fsp3) is 0.333. The molecule has 1 amide bonds. The van der Waals surface area contributed by atoms with E-state index < -0.39 is 0 Å². The van der Waals surface area contributed by atoms with Gasteiger partial charge in [0.15, 0.2) is 0 Å². The van der Waals surface area contributed by atoms with Crippen LogP contribution in [-0.4, -0.2) is 35.3 Å². The second kappa shape index (κ2) is 10.4. The first-order valence-electron chi connectivity index (χ1n) is 10.4. The van der Waals surface area contributed by atoms with Crippen LogP contribution in [0, 0.1) is 12.8 Å². The minimum absolute atomic E-state index is 0. The largest absolute Gasteiger partial charge is 0.352 e. The molecule has 1 aromatic heterocycles. The minimum atomic E-state index is -0.0505. The first-order chi connectivity index (χ1) is 14.2. The highest BCUT2D eigenvalue weighted by Gasteiger charge is 2.20. The van der Waals surface area contributed by atoms with E-state index in [-0.39, 0.29) is 18.3 Å². The molecule has 1 aliphatic heterocycles. The molecule has 3 aromatic rings. The van der Waals surface area contributed by atoms with Crippen LogP contribution in [-0.2, 0) is 6.54 Å². The van der Waals surface area contributed by atoms with Gasteiger partial charge in [-0.05, 0) is 44.3 Å². The Hall–Kier alpha value is -2.63. The van der Waals surface area contributed by atoms with Gasteiger partial charge < -0.3 is 10.6 Å². The molecule has 0 aliphatic carbocycles. The summed E-state index contributed by atoms with van der Waals surface area (Å²) in [4.78, 5) is 13.0. The van der Waals surface area contributed by atoms with Crippen LogP contribution in [0.2, 0.25) is 0 Å². The van der Waals surface area contributed by atoms with Crippen molar-refractivity contribution < 1.29 is 4.79 Å². The van der Waals surface area contributed by atoms with Crippen molar-refractivity contribution in [1.29, 1.82) is 0 Å². The van der Waals surface area contributed by atoms with Gasteiger partial charge in [-0.15, -0.1) is 12.4 Å². The number of benzene rings is 2. The van der Waals surface area contributed by atoms with Gasteiger partial charge in [-0.2, -0.15) is 5.10 Å². The Labute approximate surface area is 184 Å². The number of hydrogen-bond donors (Lipinski definition) is 2. The van der Waals surface area contributed by atoms with Crippen LogP contribution < -0.4 is 10.6 Å². The van der Waals surface area contributed by atoms with Crippen molar-refractivity contribution in [1.82, 2.24) is 20.4 Å². The Morgan fingerprint density at radius 3 is 2.63 bits per heavy atom. The molecule has 2 N–H and O–H groups in total. The van der Waals surface area contributed by atoms with Crippen molar-refractivity contribution in [3.63, 3.8) is 0 Å². The summed E-state index contributed by atoms with van der Waals surface area (Å²) in [6.45, 7) is 5.44. The molecule has 0 radical (unpaired) electrons. The Bertz CT molecular complexity index is 947. The predicted octanol–water partition coefficient (Wildman–Crippen LogP) is 4.06. The molecule has 158 valence electrons. The van der Waals surface area contributed by atoms with Crippen molar-refractivity contribution in [3.8, 4) is 11.3 Å². The number of nitrogens with one attached hydrogen (secondary N) is 2. The number of carbonyl (C=O) groups is 1. The smallest absolute Gasteiger partial charge is 0.255 e. The summed E-state index contributed by atoms with van der Waals surface area (Å²) < 4.78 is 1.86. The summed E-state index contributed by atoms with van der Waals surface area (Å²) >= 11 is 0. The Balaban J connectivity index is 0.00000256. The molecule has 2 aromatic carbocycles. The van der Waals surface area contributed by atoms with E-state index in [0.717, 1.165) is 36.3 Å². The maximum atomic E-state index is 13.0. The van der Waals surface area contributed by atoms with Crippen molar-refractivity contribution in [2.24, 2.45) is 5.92 Å². The van der Waals surface area contributed by atoms with E-state index in [9.17, 15) is 4.79 Å². The van der Waals surface area contributed by atoms with Crippen LogP contribution in [0.15, 0.2) is 60.8 Å². The summed E-state index contributed by atoms with van der Waals surface area (Å²) in [7, 11) is 0. The molecule has 30 heavy (non-hydrogen) atoms. The molecule has 5 nitrogen and oxygen atoms in total. The number of aromatic nitrogens is 2. The highest BCUT2D eigenvalue weighted by atomic mass is 35.5. The lowest BCUT2D eigenvalue weighted by Gasteiger charge is -2.22. The molecule has 1 saturated heterocycles. The van der Waals surface area contributed by atoms with E-state index in [1.165, 1.54) is 12.0 Å². The van der Waals surface area contributed by atoms with Crippen LogP contribution in [0.25, 0.3) is 11.3 Å². The minimum Gasteiger partial charge on any atom is -0.352 e. The average molecular weight is 425 g/mol. The Kier molecular flexibility index (Phi) is 7.66. The summed E-state index contributed by atoms with van der Waals surface area (Å²) in [5, 5.41) is 11.3. The normalized spacial score (nSPS) is 16.0. The van der Waals surface area contributed by atoms with Crippen molar-refractivity contribution >= 4 is 18.3 Å². The highest BCUT2D eigenvalue weighted by molar-refractivity contribution is 5.99. The van der Waals surface area contributed by atoms with Gasteiger partial charge in [-0.25, -0.2) is 0 Å². The van der Waals surface area contributed by atoms with E-state index >= 15 is 0 Å². The Morgan fingerprint density at radius 1 is 1.17 bits per heavy atom. The topological polar surface area (TPSA) is 59.0 Å². The predicted molar refractivity (Wildman–Crippen MR) is 123 cm³/mol. The lowest BCUT2D eigenvalue weighted by atomic mass is 9.99. The molecular formula is C24H29ClN4O. The van der Waals surface area contributed by atoms with Crippen molar-refractivity contribution in [3.05, 3.63) is 77.5 Å². The molecule has 0 saturated carbocycles. The van der Waals surface area contributed by atoms with Gasteiger partial charge in [0.05, 0.1) is 12.1 Å². The number of hydrogen-bond acceptors (Lipinski definition) is 3. The van der Waals surface area contributed by atoms with Gasteiger partial charge in [0.2, 0.25) is 0 Å². The van der Waals surface area contributed by atoms with Gasteiger partial charge in [-0.1, -0.05) is 60.2 Å². The third kappa shape index (κ3) is 5.49. The monoisotopic (exact) mass is 424 g/mol. The SMILES string of the molecule is Cc1ccc(-c2nn(Cc3ccccc3)cc2C(=O)NCC2CCCNC2)cc1.Cl. The number of amides is 1. The zero-order chi connectivity index (χ0) is 20.1. The van der Waals surface area contributed by atoms with Crippen LogP contribution in [0.5, 0.6) is 0 Å². The molecule has 1 unspecified atom stereocenters. The molecular weight excluding hydrogens is 396 g/mol. The number of rotatable bonds is 6. The lowest BCUT2D eigenvalue weighted by Crippen LogP contribution is -2.38. The number of piperidine rings is 1. The average Bonchev–Trinajstić information content (AvgIpc) is 3.18. The first-order valence-corrected chi connectivity index (χ1v) is 10.4. The molecule has 1 aliphatic rings. The van der Waals surface area contributed by atoms with Crippen molar-refractivity contribution in [2.75, 3.05) is 19.6 Å². The maximum Gasteiger partial charge on any atom is 0.255 e. The van der Waals surface area contributed by atoms with E-state index in [0.29, 0.717) is 24.6 Å². The Morgan fingerprint density at radius 2 is 1.93 bits per heavy atom. The van der Waals surface area contributed by atoms with Gasteiger partial charge >= 0.3 is 0 Å². The van der Waals surface area contributed by atoms with Crippen LogP contribution in [0.1, 0.15) is 34.3 Å². The standard InChI is InChI=1S/C24H28N4O.ClH/c1-18-9-11-21(12-10-18)23-22(24(29)26-15-20-8-5-13-25-14-20)17-28(27-23)16-19-6-3-2-4-7-19;/h2-4,6-7,9-12,17,20,25H,5,8,13-16H2,1H3,(H,26,29);1H. The van der Waals surface area contributed by atoms with E-state index in [1.54, 1.807) is 0 Å². The number of carbonyl (C=O) groups excluding carboxylic acids is 1. The molecule has 1 fully saturated rings. The fourth-order valence-corrected chi connectivity index (χ4v) is 3.79. The third-order valence-corrected chi connectivity index (χ3v) is 5.47. The molecule has 0 spiro atoms. The summed E-state index contributed by atoms with van der Waals surface area (Å²) in [6, 6.07) is 18.4. The van der Waals surface area contributed by atoms with Gasteiger partial charge in [0, 0.05) is 18.3 Å². The second-order valence-electron chi connectivity index (χ2n) is 7.86. The molecule has 1 atom stereocenters. The van der Waals surface area contributed by atoms with Gasteiger partial charge in [0.25, 0.3) is 5.91 Å². The highest BCUT2D eigenvalue weighted by Crippen LogP contribution is 2.23. The van der Waals surface area contributed by atoms with Gasteiger partial charge in [0.1, 0.15) is 5.69 Å². The molecule has 0 bridgehead atoms. The summed E-state index contributed by atoms with van der Waals surface area (Å²) in [5.74, 6) is 0.445. The summed E-state index contributed by atoms with van der Waals surface area (Å²) in [6.07, 6.45) is 4.20. The van der Waals surface area contributed by atoms with E-state index in [4.69, 9.17) is 5.10 Å².